The molecule has 0 saturated carbocycles. The Bertz CT molecular complexity index is 322. The second kappa shape index (κ2) is 7.03. The summed E-state index contributed by atoms with van der Waals surface area (Å²) in [7, 11) is 0. The second-order valence-corrected chi connectivity index (χ2v) is 3.83. The van der Waals surface area contributed by atoms with Crippen molar-refractivity contribution in [1.82, 2.24) is 9.97 Å². The number of nitrogens with zero attached hydrogens (tertiary/aromatic N) is 2. The zero-order valence-corrected chi connectivity index (χ0v) is 10.4. The molecule has 1 heterocycles. The van der Waals surface area contributed by atoms with Crippen LogP contribution in [-0.2, 0) is 6.42 Å². The summed E-state index contributed by atoms with van der Waals surface area (Å²) in [5.41, 5.74) is 2.51. The lowest BCUT2D eigenvalue weighted by Gasteiger charge is -2.11. The van der Waals surface area contributed by atoms with Crippen LogP contribution in [0.2, 0.25) is 0 Å². The lowest BCUT2D eigenvalue weighted by molar-refractivity contribution is 0.164. The normalized spacial score (nSPS) is 12.2. The lowest BCUT2D eigenvalue weighted by atomic mass is 10.2. The van der Waals surface area contributed by atoms with E-state index in [-0.39, 0.29) is 6.10 Å². The number of aliphatic hydroxyl groups excluding tert-OH is 1. The third-order valence-corrected chi connectivity index (χ3v) is 2.49. The van der Waals surface area contributed by atoms with Gasteiger partial charge in [0.2, 0.25) is 0 Å². The van der Waals surface area contributed by atoms with Crippen molar-refractivity contribution in [3.63, 3.8) is 0 Å². The first-order valence-electron chi connectivity index (χ1n) is 5.96. The predicted octanol–water partition coefficient (Wildman–Crippen LogP) is 0.897. The number of nitrogens with one attached hydrogen (secondary N) is 2. The van der Waals surface area contributed by atoms with Gasteiger partial charge < -0.3 is 15.8 Å². The number of anilines is 2. The fourth-order valence-corrected chi connectivity index (χ4v) is 1.39. The van der Waals surface area contributed by atoms with Gasteiger partial charge in [-0.15, -0.1) is 0 Å². The molecule has 1 rings (SSSR count). The molecule has 5 N–H and O–H groups in total. The maximum Gasteiger partial charge on any atom is 0.145 e. The molecular formula is C11H21N5O. The van der Waals surface area contributed by atoms with Crippen molar-refractivity contribution in [1.29, 1.82) is 0 Å². The number of hydrogen-bond acceptors (Lipinski definition) is 6. The van der Waals surface area contributed by atoms with Crippen LogP contribution in [0.5, 0.6) is 0 Å². The van der Waals surface area contributed by atoms with Gasteiger partial charge in [-0.1, -0.05) is 13.8 Å². The maximum absolute atomic E-state index is 9.43. The SMILES string of the molecule is CCc1nc(NN)cc(NCCC(O)CC)n1. The topological polar surface area (TPSA) is 96.1 Å². The van der Waals surface area contributed by atoms with Crippen LogP contribution in [0.25, 0.3) is 0 Å². The minimum Gasteiger partial charge on any atom is -0.393 e. The standard InChI is InChI=1S/C11H21N5O/c1-3-8(17)5-6-13-10-7-11(16-12)15-9(4-2)14-10/h7-8,17H,3-6,12H2,1-2H3,(H2,13,14,15,16). The van der Waals surface area contributed by atoms with Crippen LogP contribution in [0.15, 0.2) is 6.07 Å². The largest absolute Gasteiger partial charge is 0.393 e. The highest BCUT2D eigenvalue weighted by atomic mass is 16.3. The number of hydrogen-bond donors (Lipinski definition) is 4. The molecule has 0 aliphatic carbocycles. The first kappa shape index (κ1) is 13.7. The summed E-state index contributed by atoms with van der Waals surface area (Å²) >= 11 is 0. The molecule has 1 unspecified atom stereocenters. The highest BCUT2D eigenvalue weighted by molar-refractivity contribution is 5.46. The average molecular weight is 239 g/mol. The van der Waals surface area contributed by atoms with Crippen molar-refractivity contribution in [3.8, 4) is 0 Å². The van der Waals surface area contributed by atoms with Crippen molar-refractivity contribution in [3.05, 3.63) is 11.9 Å². The van der Waals surface area contributed by atoms with E-state index in [0.29, 0.717) is 18.8 Å². The third-order valence-electron chi connectivity index (χ3n) is 2.49. The Kier molecular flexibility index (Phi) is 5.65. The Morgan fingerprint density at radius 1 is 1.35 bits per heavy atom. The van der Waals surface area contributed by atoms with Gasteiger partial charge in [0.15, 0.2) is 0 Å². The van der Waals surface area contributed by atoms with E-state index in [1.54, 1.807) is 6.07 Å². The number of aliphatic hydroxyl groups is 1. The Labute approximate surface area is 102 Å². The van der Waals surface area contributed by atoms with Gasteiger partial charge in [-0.3, -0.25) is 0 Å². The van der Waals surface area contributed by atoms with Gasteiger partial charge in [-0.2, -0.15) is 0 Å². The van der Waals surface area contributed by atoms with Gasteiger partial charge in [0.05, 0.1) is 6.10 Å². The molecule has 0 saturated heterocycles. The summed E-state index contributed by atoms with van der Waals surface area (Å²) in [5.74, 6) is 7.39. The molecule has 1 atom stereocenters. The molecule has 0 radical (unpaired) electrons. The number of nitrogen functional groups attached to an aromatic ring is 1. The van der Waals surface area contributed by atoms with Crippen molar-refractivity contribution in [2.45, 2.75) is 39.2 Å². The molecule has 1 aromatic heterocycles. The Morgan fingerprint density at radius 3 is 2.65 bits per heavy atom. The molecule has 0 aliphatic heterocycles. The molecule has 0 aromatic carbocycles. The van der Waals surface area contributed by atoms with Crippen molar-refractivity contribution >= 4 is 11.6 Å². The first-order valence-corrected chi connectivity index (χ1v) is 5.96. The van der Waals surface area contributed by atoms with E-state index in [0.717, 1.165) is 24.5 Å². The molecule has 0 fully saturated rings. The molecule has 17 heavy (non-hydrogen) atoms. The second-order valence-electron chi connectivity index (χ2n) is 3.83. The lowest BCUT2D eigenvalue weighted by Crippen LogP contribution is -2.15. The van der Waals surface area contributed by atoms with Gasteiger partial charge in [-0.05, 0) is 12.8 Å². The van der Waals surface area contributed by atoms with Gasteiger partial charge in [0, 0.05) is 19.0 Å². The molecule has 96 valence electrons. The quantitative estimate of drug-likeness (QED) is 0.417. The zero-order chi connectivity index (χ0) is 12.7. The Morgan fingerprint density at radius 2 is 2.06 bits per heavy atom. The predicted molar refractivity (Wildman–Crippen MR) is 68.6 cm³/mol. The van der Waals surface area contributed by atoms with E-state index in [1.807, 2.05) is 13.8 Å². The number of aromatic nitrogens is 2. The van der Waals surface area contributed by atoms with E-state index in [9.17, 15) is 5.11 Å². The number of aryl methyl sites for hydroxylation is 1. The van der Waals surface area contributed by atoms with Crippen LogP contribution < -0.4 is 16.6 Å². The van der Waals surface area contributed by atoms with Gasteiger partial charge in [0.1, 0.15) is 17.5 Å². The van der Waals surface area contributed by atoms with Crippen LogP contribution >= 0.6 is 0 Å². The van der Waals surface area contributed by atoms with E-state index < -0.39 is 0 Å². The third kappa shape index (κ3) is 4.54. The molecule has 0 amide bonds. The minimum absolute atomic E-state index is 0.262. The maximum atomic E-state index is 9.43. The van der Waals surface area contributed by atoms with Gasteiger partial charge >= 0.3 is 0 Å². The highest BCUT2D eigenvalue weighted by Gasteiger charge is 2.04. The smallest absolute Gasteiger partial charge is 0.145 e. The van der Waals surface area contributed by atoms with Crippen LogP contribution in [0.4, 0.5) is 11.6 Å². The summed E-state index contributed by atoms with van der Waals surface area (Å²) in [6.45, 7) is 4.63. The molecular weight excluding hydrogens is 218 g/mol. The number of rotatable bonds is 7. The monoisotopic (exact) mass is 239 g/mol. The number of nitrogens with two attached hydrogens (primary N) is 1. The van der Waals surface area contributed by atoms with E-state index in [1.165, 1.54) is 0 Å². The zero-order valence-electron chi connectivity index (χ0n) is 10.4. The molecule has 0 aliphatic rings. The van der Waals surface area contributed by atoms with Gasteiger partial charge in [0.25, 0.3) is 0 Å². The number of hydrazine groups is 1. The van der Waals surface area contributed by atoms with Gasteiger partial charge in [-0.25, -0.2) is 15.8 Å². The van der Waals surface area contributed by atoms with Crippen LogP contribution in [0.3, 0.4) is 0 Å². The molecule has 6 heteroatoms. The fraction of sp³-hybridized carbons (Fsp3) is 0.636. The van der Waals surface area contributed by atoms with Crippen molar-refractivity contribution < 1.29 is 5.11 Å². The average Bonchev–Trinajstić information content (AvgIpc) is 2.37. The first-order chi connectivity index (χ1) is 8.19. The van der Waals surface area contributed by atoms with E-state index >= 15 is 0 Å². The van der Waals surface area contributed by atoms with E-state index in [2.05, 4.69) is 20.7 Å². The summed E-state index contributed by atoms with van der Waals surface area (Å²) in [6, 6.07) is 1.75. The van der Waals surface area contributed by atoms with Crippen LogP contribution in [0.1, 0.15) is 32.5 Å². The van der Waals surface area contributed by atoms with Crippen LogP contribution in [-0.4, -0.2) is 27.7 Å². The molecule has 0 bridgehead atoms. The highest BCUT2D eigenvalue weighted by Crippen LogP contribution is 2.11. The summed E-state index contributed by atoms with van der Waals surface area (Å²) in [4.78, 5) is 8.52. The summed E-state index contributed by atoms with van der Waals surface area (Å²) in [6.07, 6.45) is 1.96. The van der Waals surface area contributed by atoms with E-state index in [4.69, 9.17) is 5.84 Å². The fourth-order valence-electron chi connectivity index (χ4n) is 1.39. The van der Waals surface area contributed by atoms with Crippen LogP contribution in [0, 0.1) is 0 Å². The Balaban J connectivity index is 2.57. The van der Waals surface area contributed by atoms with Crippen molar-refractivity contribution in [2.24, 2.45) is 5.84 Å². The van der Waals surface area contributed by atoms with Crippen molar-refractivity contribution in [2.75, 3.05) is 17.3 Å². The molecule has 6 nitrogen and oxygen atoms in total. The molecule has 1 aromatic rings. The summed E-state index contributed by atoms with van der Waals surface area (Å²) in [5, 5.41) is 12.6. The minimum atomic E-state index is -0.262. The summed E-state index contributed by atoms with van der Waals surface area (Å²) < 4.78 is 0. The molecule has 0 spiro atoms. The Hall–Kier alpha value is -1.40.